The molecule has 0 saturated carbocycles. The Kier molecular flexibility index (Phi) is 5.51. The Labute approximate surface area is 113 Å². The smallest absolute Gasteiger partial charge is 0.304 e. The van der Waals surface area contributed by atoms with Crippen molar-refractivity contribution < 1.29 is 14.7 Å². The fraction of sp³-hybridized carbons (Fsp3) is 0.429. The van der Waals surface area contributed by atoms with Gasteiger partial charge in [0.2, 0.25) is 0 Å². The molecule has 0 bridgehead atoms. The van der Waals surface area contributed by atoms with Gasteiger partial charge >= 0.3 is 5.97 Å². The fourth-order valence-electron chi connectivity index (χ4n) is 1.96. The number of aliphatic carboxylic acids is 1. The molecule has 0 radical (unpaired) electrons. The normalized spacial score (nSPS) is 12.4. The van der Waals surface area contributed by atoms with Crippen LogP contribution in [0, 0.1) is 0 Å². The largest absolute Gasteiger partial charge is 0.481 e. The van der Waals surface area contributed by atoms with Crippen LogP contribution in [0.5, 0.6) is 0 Å². The number of nitrogens with two attached hydrogens (primary N) is 1. The second kappa shape index (κ2) is 6.89. The van der Waals surface area contributed by atoms with Crippen LogP contribution in [0.1, 0.15) is 30.1 Å². The standard InChI is InChI=1S/C14H20N2O3/c1-3-12(16(2)9-8-13(17)18)14(19)10-4-6-11(15)7-5-10/h4-7,12H,3,8-9,15H2,1-2H3,(H,17,18). The lowest BCUT2D eigenvalue weighted by Gasteiger charge is -2.25. The van der Waals surface area contributed by atoms with Gasteiger partial charge in [-0.3, -0.25) is 14.5 Å². The van der Waals surface area contributed by atoms with Crippen molar-refractivity contribution >= 4 is 17.4 Å². The number of hydrogen-bond acceptors (Lipinski definition) is 4. The first kappa shape index (κ1) is 15.2. The molecule has 104 valence electrons. The van der Waals surface area contributed by atoms with Crippen LogP contribution in [0.3, 0.4) is 0 Å². The molecule has 3 N–H and O–H groups in total. The van der Waals surface area contributed by atoms with E-state index < -0.39 is 5.97 Å². The number of carboxylic acids is 1. The second-order valence-electron chi connectivity index (χ2n) is 4.53. The van der Waals surface area contributed by atoms with Gasteiger partial charge in [-0.25, -0.2) is 0 Å². The fourth-order valence-corrected chi connectivity index (χ4v) is 1.96. The Bertz CT molecular complexity index is 443. The van der Waals surface area contributed by atoms with E-state index in [4.69, 9.17) is 10.8 Å². The first-order valence-electron chi connectivity index (χ1n) is 6.27. The predicted octanol–water partition coefficient (Wildman–Crippen LogP) is 1.64. The predicted molar refractivity (Wildman–Crippen MR) is 74.1 cm³/mol. The van der Waals surface area contributed by atoms with Crippen molar-refractivity contribution in [2.75, 3.05) is 19.3 Å². The number of carboxylic acid groups (broad SMARTS) is 1. The topological polar surface area (TPSA) is 83.6 Å². The van der Waals surface area contributed by atoms with Crippen molar-refractivity contribution in [3.05, 3.63) is 29.8 Å². The van der Waals surface area contributed by atoms with Gasteiger partial charge in [-0.05, 0) is 37.7 Å². The quantitative estimate of drug-likeness (QED) is 0.577. The average molecular weight is 264 g/mol. The average Bonchev–Trinajstić information content (AvgIpc) is 2.37. The number of carbonyl (C=O) groups is 2. The molecular formula is C14H20N2O3. The maximum absolute atomic E-state index is 12.3. The van der Waals surface area contributed by atoms with E-state index in [-0.39, 0.29) is 18.2 Å². The molecule has 0 heterocycles. The van der Waals surface area contributed by atoms with Gasteiger partial charge in [-0.15, -0.1) is 0 Å². The van der Waals surface area contributed by atoms with Gasteiger partial charge in [0, 0.05) is 17.8 Å². The number of nitrogen functional groups attached to an aromatic ring is 1. The van der Waals surface area contributed by atoms with Gasteiger partial charge in [0.15, 0.2) is 5.78 Å². The number of carbonyl (C=O) groups excluding carboxylic acids is 1. The van der Waals surface area contributed by atoms with Gasteiger partial charge in [0.1, 0.15) is 0 Å². The van der Waals surface area contributed by atoms with Gasteiger partial charge in [0.25, 0.3) is 0 Å². The molecule has 5 nitrogen and oxygen atoms in total. The number of nitrogens with zero attached hydrogens (tertiary/aromatic N) is 1. The molecular weight excluding hydrogens is 244 g/mol. The van der Waals surface area contributed by atoms with Gasteiger partial charge < -0.3 is 10.8 Å². The summed E-state index contributed by atoms with van der Waals surface area (Å²) in [6, 6.07) is 6.48. The number of likely N-dealkylation sites (N-methyl/N-ethyl adjacent to an activating group) is 1. The molecule has 0 saturated heterocycles. The summed E-state index contributed by atoms with van der Waals surface area (Å²) in [5.41, 5.74) is 6.80. The summed E-state index contributed by atoms with van der Waals surface area (Å²) in [6.07, 6.45) is 0.668. The summed E-state index contributed by atoms with van der Waals surface area (Å²) in [4.78, 5) is 24.7. The van der Waals surface area contributed by atoms with Crippen molar-refractivity contribution in [2.45, 2.75) is 25.8 Å². The molecule has 1 aromatic rings. The third-order valence-corrected chi connectivity index (χ3v) is 3.09. The Morgan fingerprint density at radius 1 is 1.32 bits per heavy atom. The van der Waals surface area contributed by atoms with E-state index >= 15 is 0 Å². The number of rotatable bonds is 7. The second-order valence-corrected chi connectivity index (χ2v) is 4.53. The summed E-state index contributed by atoms with van der Waals surface area (Å²) >= 11 is 0. The van der Waals surface area contributed by atoms with Gasteiger partial charge in [-0.1, -0.05) is 6.92 Å². The summed E-state index contributed by atoms with van der Waals surface area (Å²) in [7, 11) is 1.77. The molecule has 0 aliphatic heterocycles. The van der Waals surface area contributed by atoms with Crippen molar-refractivity contribution in [1.29, 1.82) is 0 Å². The van der Waals surface area contributed by atoms with Crippen LogP contribution < -0.4 is 5.73 Å². The van der Waals surface area contributed by atoms with Gasteiger partial charge in [-0.2, -0.15) is 0 Å². The highest BCUT2D eigenvalue weighted by Gasteiger charge is 2.22. The van der Waals surface area contributed by atoms with Crippen molar-refractivity contribution in [3.63, 3.8) is 0 Å². The van der Waals surface area contributed by atoms with Crippen LogP contribution in [0.4, 0.5) is 5.69 Å². The third-order valence-electron chi connectivity index (χ3n) is 3.09. The van der Waals surface area contributed by atoms with Crippen LogP contribution in [-0.4, -0.2) is 41.4 Å². The zero-order chi connectivity index (χ0) is 14.4. The monoisotopic (exact) mass is 264 g/mol. The molecule has 1 atom stereocenters. The number of Topliss-reactive ketones (excluding diaryl/α,β-unsaturated/α-hetero) is 1. The molecule has 0 fully saturated rings. The summed E-state index contributed by atoms with van der Waals surface area (Å²) in [6.45, 7) is 2.27. The maximum atomic E-state index is 12.3. The Hall–Kier alpha value is -1.88. The minimum atomic E-state index is -0.860. The van der Waals surface area contributed by atoms with Crippen LogP contribution in [0.25, 0.3) is 0 Å². The number of ketones is 1. The lowest BCUT2D eigenvalue weighted by molar-refractivity contribution is -0.137. The molecule has 0 amide bonds. The summed E-state index contributed by atoms with van der Waals surface area (Å²) in [5, 5.41) is 8.68. The molecule has 0 aliphatic carbocycles. The molecule has 0 spiro atoms. The lowest BCUT2D eigenvalue weighted by atomic mass is 10.0. The first-order chi connectivity index (χ1) is 8.95. The van der Waals surface area contributed by atoms with Crippen molar-refractivity contribution in [3.8, 4) is 0 Å². The number of benzene rings is 1. The van der Waals surface area contributed by atoms with Crippen LogP contribution in [0.2, 0.25) is 0 Å². The molecule has 1 aromatic carbocycles. The minimum absolute atomic E-state index is 0.00427. The van der Waals surface area contributed by atoms with E-state index in [2.05, 4.69) is 0 Å². The van der Waals surface area contributed by atoms with E-state index in [0.29, 0.717) is 24.2 Å². The van der Waals surface area contributed by atoms with Crippen molar-refractivity contribution in [2.24, 2.45) is 0 Å². The minimum Gasteiger partial charge on any atom is -0.481 e. The third kappa shape index (κ3) is 4.37. The molecule has 1 unspecified atom stereocenters. The van der Waals surface area contributed by atoms with Gasteiger partial charge in [0.05, 0.1) is 12.5 Å². The molecule has 0 aliphatic rings. The highest BCUT2D eigenvalue weighted by Crippen LogP contribution is 2.13. The highest BCUT2D eigenvalue weighted by atomic mass is 16.4. The van der Waals surface area contributed by atoms with E-state index in [1.165, 1.54) is 0 Å². The Morgan fingerprint density at radius 3 is 2.37 bits per heavy atom. The summed E-state index contributed by atoms with van der Waals surface area (Å²) < 4.78 is 0. The van der Waals surface area contributed by atoms with E-state index in [0.717, 1.165) is 0 Å². The van der Waals surface area contributed by atoms with Crippen LogP contribution in [0.15, 0.2) is 24.3 Å². The molecule has 19 heavy (non-hydrogen) atoms. The Morgan fingerprint density at radius 2 is 1.89 bits per heavy atom. The lowest BCUT2D eigenvalue weighted by Crippen LogP contribution is -2.39. The van der Waals surface area contributed by atoms with E-state index in [9.17, 15) is 9.59 Å². The maximum Gasteiger partial charge on any atom is 0.304 e. The van der Waals surface area contributed by atoms with Crippen LogP contribution in [-0.2, 0) is 4.79 Å². The number of hydrogen-bond donors (Lipinski definition) is 2. The zero-order valence-electron chi connectivity index (χ0n) is 11.3. The zero-order valence-corrected chi connectivity index (χ0v) is 11.3. The first-order valence-corrected chi connectivity index (χ1v) is 6.27. The number of anilines is 1. The summed E-state index contributed by atoms with van der Waals surface area (Å²) in [5.74, 6) is -0.864. The molecule has 0 aromatic heterocycles. The molecule has 1 rings (SSSR count). The molecule has 5 heteroatoms. The SMILES string of the molecule is CCC(C(=O)c1ccc(N)cc1)N(C)CCC(=O)O. The van der Waals surface area contributed by atoms with E-state index in [1.807, 2.05) is 6.92 Å². The Balaban J connectivity index is 2.75. The van der Waals surface area contributed by atoms with E-state index in [1.54, 1.807) is 36.2 Å². The van der Waals surface area contributed by atoms with Crippen molar-refractivity contribution in [1.82, 2.24) is 4.90 Å². The van der Waals surface area contributed by atoms with Crippen LogP contribution >= 0.6 is 0 Å². The highest BCUT2D eigenvalue weighted by molar-refractivity contribution is 6.00.